The third-order valence-corrected chi connectivity index (χ3v) is 6.35. The Kier molecular flexibility index (Phi) is 7.26. The first-order chi connectivity index (χ1) is 13.1. The predicted molar refractivity (Wildman–Crippen MR) is 112 cm³/mol. The first-order valence-corrected chi connectivity index (χ1v) is 11.3. The maximum atomic E-state index is 12.1. The van der Waals surface area contributed by atoms with E-state index in [1.165, 1.54) is 5.69 Å². The molecule has 0 spiro atoms. The van der Waals surface area contributed by atoms with Crippen molar-refractivity contribution in [3.05, 3.63) is 66.2 Å². The van der Waals surface area contributed by atoms with Crippen LogP contribution in [0.4, 0.5) is 5.69 Å². The third-order valence-electron chi connectivity index (χ3n) is 4.97. The summed E-state index contributed by atoms with van der Waals surface area (Å²) in [6.07, 6.45) is 1.40. The summed E-state index contributed by atoms with van der Waals surface area (Å²) in [6, 6.07) is 20.2. The van der Waals surface area contributed by atoms with Gasteiger partial charge in [0.05, 0.1) is 5.75 Å². The fraction of sp³-hybridized carbons (Fsp3) is 0.429. The van der Waals surface area contributed by atoms with Gasteiger partial charge >= 0.3 is 0 Å². The van der Waals surface area contributed by atoms with Gasteiger partial charge < -0.3 is 4.90 Å². The molecule has 3 rings (SSSR count). The number of piperazine rings is 1. The van der Waals surface area contributed by atoms with Crippen LogP contribution >= 0.6 is 0 Å². The van der Waals surface area contributed by atoms with Gasteiger partial charge in [-0.1, -0.05) is 48.5 Å². The molecule has 1 heterocycles. The van der Waals surface area contributed by atoms with Crippen molar-refractivity contribution in [2.24, 2.45) is 0 Å². The van der Waals surface area contributed by atoms with Crippen LogP contribution in [0, 0.1) is 0 Å². The Hall–Kier alpha value is -1.89. The number of hydrogen-bond donors (Lipinski definition) is 1. The van der Waals surface area contributed by atoms with E-state index in [0.717, 1.165) is 44.7 Å². The normalized spacial score (nSPS) is 15.8. The van der Waals surface area contributed by atoms with Crippen molar-refractivity contribution < 1.29 is 8.42 Å². The Morgan fingerprint density at radius 2 is 1.48 bits per heavy atom. The number of benzene rings is 2. The van der Waals surface area contributed by atoms with Gasteiger partial charge in [0.2, 0.25) is 10.0 Å². The zero-order valence-corrected chi connectivity index (χ0v) is 16.6. The van der Waals surface area contributed by atoms with E-state index in [0.29, 0.717) is 13.0 Å². The minimum Gasteiger partial charge on any atom is -0.369 e. The van der Waals surface area contributed by atoms with Crippen LogP contribution in [0.15, 0.2) is 60.7 Å². The molecule has 1 saturated heterocycles. The lowest BCUT2D eigenvalue weighted by Crippen LogP contribution is -2.47. The zero-order valence-electron chi connectivity index (χ0n) is 15.8. The molecule has 0 aromatic heterocycles. The van der Waals surface area contributed by atoms with Crippen LogP contribution < -0.4 is 9.62 Å². The number of hydrogen-bond acceptors (Lipinski definition) is 4. The summed E-state index contributed by atoms with van der Waals surface area (Å²) in [7, 11) is -3.20. The maximum Gasteiger partial charge on any atom is 0.211 e. The number of sulfonamides is 1. The lowest BCUT2D eigenvalue weighted by molar-refractivity contribution is 0.255. The molecular weight excluding hydrogens is 358 g/mol. The highest BCUT2D eigenvalue weighted by atomic mass is 32.2. The first kappa shape index (κ1) is 19.9. The van der Waals surface area contributed by atoms with E-state index in [1.807, 2.05) is 36.4 Å². The minimum absolute atomic E-state index is 0.146. The molecule has 6 heteroatoms. The van der Waals surface area contributed by atoms with Crippen LogP contribution in [0.2, 0.25) is 0 Å². The van der Waals surface area contributed by atoms with E-state index >= 15 is 0 Å². The number of nitrogens with zero attached hydrogens (tertiary/aromatic N) is 2. The molecule has 1 N–H and O–H groups in total. The van der Waals surface area contributed by atoms with Gasteiger partial charge in [-0.05, 0) is 37.1 Å². The molecule has 1 aliphatic heterocycles. The van der Waals surface area contributed by atoms with Crippen molar-refractivity contribution in [1.29, 1.82) is 0 Å². The lowest BCUT2D eigenvalue weighted by Gasteiger charge is -2.36. The molecule has 0 radical (unpaired) electrons. The van der Waals surface area contributed by atoms with Crippen molar-refractivity contribution in [3.63, 3.8) is 0 Å². The van der Waals surface area contributed by atoms with Crippen molar-refractivity contribution >= 4 is 15.7 Å². The zero-order chi connectivity index (χ0) is 19.0. The van der Waals surface area contributed by atoms with E-state index in [-0.39, 0.29) is 5.75 Å². The molecule has 2 aromatic rings. The Morgan fingerprint density at radius 1 is 0.852 bits per heavy atom. The van der Waals surface area contributed by atoms with Crippen molar-refractivity contribution in [3.8, 4) is 0 Å². The largest absolute Gasteiger partial charge is 0.369 e. The molecule has 146 valence electrons. The maximum absolute atomic E-state index is 12.1. The SMILES string of the molecule is O=S(=O)(CCc1ccccc1)NCCCN1CCN(c2ccccc2)CC1. The highest BCUT2D eigenvalue weighted by Crippen LogP contribution is 2.15. The molecule has 27 heavy (non-hydrogen) atoms. The van der Waals surface area contributed by atoms with E-state index in [2.05, 4.69) is 38.8 Å². The quantitative estimate of drug-likeness (QED) is 0.671. The highest BCUT2D eigenvalue weighted by molar-refractivity contribution is 7.89. The number of rotatable bonds is 9. The number of aryl methyl sites for hydroxylation is 1. The molecule has 0 bridgehead atoms. The fourth-order valence-electron chi connectivity index (χ4n) is 3.37. The standard InChI is InChI=1S/C21H29N3O2S/c25-27(26,19-12-20-8-3-1-4-9-20)22-13-7-14-23-15-17-24(18-16-23)21-10-5-2-6-11-21/h1-6,8-11,22H,7,12-19H2. The van der Waals surface area contributed by atoms with E-state index in [1.54, 1.807) is 0 Å². The summed E-state index contributed by atoms with van der Waals surface area (Å²) < 4.78 is 27.0. The van der Waals surface area contributed by atoms with Crippen LogP contribution in [-0.4, -0.2) is 58.3 Å². The van der Waals surface area contributed by atoms with E-state index < -0.39 is 10.0 Å². The Labute approximate surface area is 163 Å². The summed E-state index contributed by atoms with van der Waals surface area (Å²) in [5.41, 5.74) is 2.34. The number of para-hydroxylation sites is 1. The lowest BCUT2D eigenvalue weighted by atomic mass is 10.2. The summed E-state index contributed by atoms with van der Waals surface area (Å²) >= 11 is 0. The van der Waals surface area contributed by atoms with Gasteiger partial charge in [0.25, 0.3) is 0 Å². The van der Waals surface area contributed by atoms with E-state index in [9.17, 15) is 8.42 Å². The van der Waals surface area contributed by atoms with Crippen LogP contribution in [0.25, 0.3) is 0 Å². The second kappa shape index (κ2) is 9.88. The van der Waals surface area contributed by atoms with Gasteiger partial charge in [0.1, 0.15) is 0 Å². The summed E-state index contributed by atoms with van der Waals surface area (Å²) in [5.74, 6) is 0.146. The molecular formula is C21H29N3O2S. The molecule has 0 amide bonds. The molecule has 0 unspecified atom stereocenters. The van der Waals surface area contributed by atoms with Gasteiger partial charge in [-0.25, -0.2) is 13.1 Å². The number of nitrogens with one attached hydrogen (secondary N) is 1. The van der Waals surface area contributed by atoms with Crippen LogP contribution in [0.5, 0.6) is 0 Å². The van der Waals surface area contributed by atoms with E-state index in [4.69, 9.17) is 0 Å². The Balaban J connectivity index is 1.31. The Bertz CT molecular complexity index is 774. The monoisotopic (exact) mass is 387 g/mol. The molecule has 0 atom stereocenters. The second-order valence-electron chi connectivity index (χ2n) is 6.97. The minimum atomic E-state index is -3.20. The molecule has 0 saturated carbocycles. The van der Waals surface area contributed by atoms with Gasteiger partial charge in [-0.3, -0.25) is 4.90 Å². The molecule has 5 nitrogen and oxygen atoms in total. The van der Waals surface area contributed by atoms with Crippen LogP contribution in [0.1, 0.15) is 12.0 Å². The average molecular weight is 388 g/mol. The third kappa shape index (κ3) is 6.65. The molecule has 1 aliphatic rings. The molecule has 1 fully saturated rings. The van der Waals surface area contributed by atoms with Crippen molar-refractivity contribution in [2.45, 2.75) is 12.8 Å². The van der Waals surface area contributed by atoms with Gasteiger partial charge in [-0.15, -0.1) is 0 Å². The van der Waals surface area contributed by atoms with Gasteiger partial charge in [0.15, 0.2) is 0 Å². The molecule has 2 aromatic carbocycles. The number of anilines is 1. The molecule has 0 aliphatic carbocycles. The van der Waals surface area contributed by atoms with Gasteiger partial charge in [-0.2, -0.15) is 0 Å². The Morgan fingerprint density at radius 3 is 2.15 bits per heavy atom. The van der Waals surface area contributed by atoms with Gasteiger partial charge in [0, 0.05) is 38.4 Å². The summed E-state index contributed by atoms with van der Waals surface area (Å²) in [4.78, 5) is 4.82. The van der Waals surface area contributed by atoms with Crippen LogP contribution in [0.3, 0.4) is 0 Å². The topological polar surface area (TPSA) is 52.7 Å². The highest BCUT2D eigenvalue weighted by Gasteiger charge is 2.17. The smallest absolute Gasteiger partial charge is 0.211 e. The summed E-state index contributed by atoms with van der Waals surface area (Å²) in [5, 5.41) is 0. The van der Waals surface area contributed by atoms with Crippen LogP contribution in [-0.2, 0) is 16.4 Å². The predicted octanol–water partition coefficient (Wildman–Crippen LogP) is 2.36. The first-order valence-electron chi connectivity index (χ1n) is 9.66. The average Bonchev–Trinajstić information content (AvgIpc) is 2.72. The summed E-state index contributed by atoms with van der Waals surface area (Å²) in [6.45, 7) is 5.53. The second-order valence-corrected chi connectivity index (χ2v) is 8.89. The van der Waals surface area contributed by atoms with Crippen molar-refractivity contribution in [2.75, 3.05) is 49.9 Å². The fourth-order valence-corrected chi connectivity index (χ4v) is 4.47. The van der Waals surface area contributed by atoms with Crippen molar-refractivity contribution in [1.82, 2.24) is 9.62 Å².